The summed E-state index contributed by atoms with van der Waals surface area (Å²) >= 11 is 0.832. The van der Waals surface area contributed by atoms with Crippen LogP contribution in [0.3, 0.4) is 0 Å². The van der Waals surface area contributed by atoms with Gasteiger partial charge in [0.05, 0.1) is 5.75 Å². The van der Waals surface area contributed by atoms with Gasteiger partial charge >= 0.3 is 6.18 Å². The summed E-state index contributed by atoms with van der Waals surface area (Å²) in [7, 11) is 0. The molecule has 0 spiro atoms. The van der Waals surface area contributed by atoms with Crippen LogP contribution in [0.2, 0.25) is 0 Å². The summed E-state index contributed by atoms with van der Waals surface area (Å²) in [6.07, 6.45) is -4.12. The topological polar surface area (TPSA) is 0 Å². The minimum Gasteiger partial charge on any atom is -0.170 e. The number of hydrogen-bond acceptors (Lipinski definition) is 1. The first-order chi connectivity index (χ1) is 7.56. The van der Waals surface area contributed by atoms with Gasteiger partial charge in [-0.25, -0.2) is 0 Å². The first kappa shape index (κ1) is 11.3. The summed E-state index contributed by atoms with van der Waals surface area (Å²) in [6, 6.07) is 12.8. The van der Waals surface area contributed by atoms with E-state index in [2.05, 4.69) is 0 Å². The lowest BCUT2D eigenvalue weighted by Gasteiger charge is -2.08. The molecule has 0 fully saturated rings. The van der Waals surface area contributed by atoms with E-state index in [1.54, 1.807) is 12.1 Å². The fraction of sp³-hybridized carbons (Fsp3) is 0.167. The molecule has 0 aliphatic heterocycles. The average Bonchev–Trinajstić information content (AvgIpc) is 2.25. The fourth-order valence-corrected chi connectivity index (χ4v) is 2.32. The van der Waals surface area contributed by atoms with Crippen LogP contribution in [0.4, 0.5) is 13.2 Å². The van der Waals surface area contributed by atoms with E-state index in [1.807, 2.05) is 30.3 Å². The standard InChI is InChI=1S/C12H9F3S/c13-12(14,15)8-16-11-7-3-5-9-4-1-2-6-10(9)11/h1-7H,8H2. The number of alkyl halides is 3. The van der Waals surface area contributed by atoms with Crippen molar-refractivity contribution in [1.29, 1.82) is 0 Å². The van der Waals surface area contributed by atoms with Gasteiger partial charge in [0.2, 0.25) is 0 Å². The van der Waals surface area contributed by atoms with E-state index in [1.165, 1.54) is 0 Å². The largest absolute Gasteiger partial charge is 0.398 e. The molecule has 2 aromatic carbocycles. The second kappa shape index (κ2) is 4.37. The van der Waals surface area contributed by atoms with Gasteiger partial charge in [0.1, 0.15) is 0 Å². The summed E-state index contributed by atoms with van der Waals surface area (Å²) in [5.74, 6) is -0.846. The van der Waals surface area contributed by atoms with E-state index in [4.69, 9.17) is 0 Å². The van der Waals surface area contributed by atoms with Crippen LogP contribution < -0.4 is 0 Å². The molecule has 4 heteroatoms. The van der Waals surface area contributed by atoms with E-state index in [9.17, 15) is 13.2 Å². The highest BCUT2D eigenvalue weighted by Gasteiger charge is 2.27. The lowest BCUT2D eigenvalue weighted by atomic mass is 10.1. The number of halogens is 3. The Morgan fingerprint density at radius 3 is 2.38 bits per heavy atom. The van der Waals surface area contributed by atoms with Crippen LogP contribution in [-0.2, 0) is 0 Å². The second-order valence-corrected chi connectivity index (χ2v) is 4.40. The van der Waals surface area contributed by atoms with E-state index in [0.29, 0.717) is 4.90 Å². The molecular formula is C12H9F3S. The molecule has 0 nitrogen and oxygen atoms in total. The summed E-state index contributed by atoms with van der Waals surface area (Å²) in [5.41, 5.74) is 0. The number of hydrogen-bond donors (Lipinski definition) is 0. The zero-order chi connectivity index (χ0) is 11.6. The van der Waals surface area contributed by atoms with Crippen molar-refractivity contribution in [3.05, 3.63) is 42.5 Å². The van der Waals surface area contributed by atoms with Gasteiger partial charge in [-0.3, -0.25) is 0 Å². The Bertz CT molecular complexity index is 486. The van der Waals surface area contributed by atoms with Gasteiger partial charge in [-0.15, -0.1) is 11.8 Å². The van der Waals surface area contributed by atoms with Crippen molar-refractivity contribution in [1.82, 2.24) is 0 Å². The molecule has 2 aromatic rings. The van der Waals surface area contributed by atoms with Crippen molar-refractivity contribution in [2.24, 2.45) is 0 Å². The first-order valence-electron chi connectivity index (χ1n) is 4.73. The molecule has 0 bridgehead atoms. The molecule has 0 heterocycles. The van der Waals surface area contributed by atoms with Crippen molar-refractivity contribution in [3.8, 4) is 0 Å². The van der Waals surface area contributed by atoms with Gasteiger partial charge in [0.25, 0.3) is 0 Å². The van der Waals surface area contributed by atoms with Crippen LogP contribution >= 0.6 is 11.8 Å². The van der Waals surface area contributed by atoms with Gasteiger partial charge in [-0.1, -0.05) is 36.4 Å². The summed E-state index contributed by atoms with van der Waals surface area (Å²) < 4.78 is 36.4. The smallest absolute Gasteiger partial charge is 0.170 e. The van der Waals surface area contributed by atoms with Crippen LogP contribution in [0.1, 0.15) is 0 Å². The monoisotopic (exact) mass is 242 g/mol. The third-order valence-corrected chi connectivity index (χ3v) is 3.28. The SMILES string of the molecule is FC(F)(F)CSc1cccc2ccccc12. The molecule has 0 unspecified atom stereocenters. The van der Waals surface area contributed by atoms with Crippen LogP contribution in [0.5, 0.6) is 0 Å². The highest BCUT2D eigenvalue weighted by molar-refractivity contribution is 7.99. The van der Waals surface area contributed by atoms with Gasteiger partial charge in [0.15, 0.2) is 0 Å². The lowest BCUT2D eigenvalue weighted by molar-refractivity contribution is -0.105. The van der Waals surface area contributed by atoms with E-state index >= 15 is 0 Å². The molecular weight excluding hydrogens is 233 g/mol. The van der Waals surface area contributed by atoms with Crippen LogP contribution in [0.15, 0.2) is 47.4 Å². The van der Waals surface area contributed by atoms with Crippen LogP contribution in [-0.4, -0.2) is 11.9 Å². The summed E-state index contributed by atoms with van der Waals surface area (Å²) in [6.45, 7) is 0. The number of rotatable bonds is 2. The normalized spacial score (nSPS) is 11.9. The van der Waals surface area contributed by atoms with Gasteiger partial charge in [0, 0.05) is 4.90 Å². The molecule has 0 saturated heterocycles. The van der Waals surface area contributed by atoms with Crippen molar-refractivity contribution >= 4 is 22.5 Å². The van der Waals surface area contributed by atoms with Crippen molar-refractivity contribution in [3.63, 3.8) is 0 Å². The Hall–Kier alpha value is -1.16. The third-order valence-electron chi connectivity index (χ3n) is 2.14. The highest BCUT2D eigenvalue weighted by Crippen LogP contribution is 2.32. The van der Waals surface area contributed by atoms with E-state index < -0.39 is 11.9 Å². The first-order valence-corrected chi connectivity index (χ1v) is 5.72. The van der Waals surface area contributed by atoms with Gasteiger partial charge in [-0.05, 0) is 16.8 Å². The zero-order valence-electron chi connectivity index (χ0n) is 8.29. The Morgan fingerprint density at radius 1 is 0.938 bits per heavy atom. The number of benzene rings is 2. The Labute approximate surface area is 95.5 Å². The molecule has 0 saturated carbocycles. The van der Waals surface area contributed by atoms with Gasteiger partial charge in [-0.2, -0.15) is 13.2 Å². The predicted molar refractivity (Wildman–Crippen MR) is 60.7 cm³/mol. The maximum atomic E-state index is 12.1. The maximum absolute atomic E-state index is 12.1. The molecule has 0 aromatic heterocycles. The molecule has 0 amide bonds. The Morgan fingerprint density at radius 2 is 1.62 bits per heavy atom. The molecule has 0 N–H and O–H groups in total. The quantitative estimate of drug-likeness (QED) is 0.699. The Balaban J connectivity index is 2.30. The van der Waals surface area contributed by atoms with Crippen molar-refractivity contribution < 1.29 is 13.2 Å². The third kappa shape index (κ3) is 2.70. The molecule has 16 heavy (non-hydrogen) atoms. The fourth-order valence-electron chi connectivity index (χ4n) is 1.48. The summed E-state index contributed by atoms with van der Waals surface area (Å²) in [5, 5.41) is 1.84. The predicted octanol–water partition coefficient (Wildman–Crippen LogP) is 4.49. The minimum absolute atomic E-state index is 0.676. The van der Waals surface area contributed by atoms with Crippen molar-refractivity contribution in [2.45, 2.75) is 11.1 Å². The molecule has 0 aliphatic carbocycles. The average molecular weight is 242 g/mol. The molecule has 0 aliphatic rings. The summed E-state index contributed by atoms with van der Waals surface area (Å²) in [4.78, 5) is 0.676. The van der Waals surface area contributed by atoms with E-state index in [0.717, 1.165) is 22.5 Å². The number of fused-ring (bicyclic) bond motifs is 1. The lowest BCUT2D eigenvalue weighted by Crippen LogP contribution is -2.10. The maximum Gasteiger partial charge on any atom is 0.398 e. The van der Waals surface area contributed by atoms with Gasteiger partial charge < -0.3 is 0 Å². The zero-order valence-corrected chi connectivity index (χ0v) is 9.11. The molecule has 84 valence electrons. The highest BCUT2D eigenvalue weighted by atomic mass is 32.2. The van der Waals surface area contributed by atoms with Crippen LogP contribution in [0, 0.1) is 0 Å². The molecule has 0 radical (unpaired) electrons. The second-order valence-electron chi connectivity index (χ2n) is 3.38. The minimum atomic E-state index is -4.12. The van der Waals surface area contributed by atoms with Crippen LogP contribution in [0.25, 0.3) is 10.8 Å². The Kier molecular flexibility index (Phi) is 3.10. The van der Waals surface area contributed by atoms with Crippen molar-refractivity contribution in [2.75, 3.05) is 5.75 Å². The molecule has 0 atom stereocenters. The number of thioether (sulfide) groups is 1. The molecule has 2 rings (SSSR count). The van der Waals surface area contributed by atoms with E-state index in [-0.39, 0.29) is 0 Å².